The highest BCUT2D eigenvalue weighted by Gasteiger charge is 2.27. The second kappa shape index (κ2) is 3.43. The number of nitrogens with two attached hydrogens (primary N) is 1. The molecule has 13 heavy (non-hydrogen) atoms. The van der Waals surface area contributed by atoms with Gasteiger partial charge in [0.1, 0.15) is 11.9 Å². The Balaban J connectivity index is 2.03. The molecule has 1 aromatic heterocycles. The summed E-state index contributed by atoms with van der Waals surface area (Å²) in [5.41, 5.74) is 5.51. The zero-order valence-corrected chi connectivity index (χ0v) is 7.66. The third kappa shape index (κ3) is 1.71. The van der Waals surface area contributed by atoms with Gasteiger partial charge in [-0.2, -0.15) is 5.10 Å². The van der Waals surface area contributed by atoms with Crippen LogP contribution in [0.5, 0.6) is 0 Å². The maximum atomic E-state index is 5.64. The molecule has 2 atom stereocenters. The highest BCUT2D eigenvalue weighted by Crippen LogP contribution is 2.29. The maximum Gasteiger partial charge on any atom is 0.179 e. The van der Waals surface area contributed by atoms with Gasteiger partial charge in [0.05, 0.1) is 6.10 Å². The van der Waals surface area contributed by atoms with Crippen molar-refractivity contribution in [2.24, 2.45) is 5.73 Å². The summed E-state index contributed by atoms with van der Waals surface area (Å²) in [5.74, 6) is 1.59. The Morgan fingerprint density at radius 1 is 1.62 bits per heavy atom. The van der Waals surface area contributed by atoms with Gasteiger partial charge in [-0.25, -0.2) is 4.98 Å². The lowest BCUT2D eigenvalue weighted by molar-refractivity contribution is 0.0449. The molecule has 2 unspecified atom stereocenters. The smallest absolute Gasteiger partial charge is 0.179 e. The molecule has 1 aliphatic rings. The van der Waals surface area contributed by atoms with Gasteiger partial charge in [0, 0.05) is 6.54 Å². The molecule has 0 radical (unpaired) electrons. The van der Waals surface area contributed by atoms with E-state index in [1.54, 1.807) is 0 Å². The molecule has 1 fully saturated rings. The van der Waals surface area contributed by atoms with E-state index in [1.165, 1.54) is 0 Å². The number of nitrogens with zero attached hydrogens (tertiary/aromatic N) is 2. The molecule has 1 saturated heterocycles. The van der Waals surface area contributed by atoms with E-state index in [0.717, 1.165) is 24.5 Å². The molecule has 2 rings (SSSR count). The van der Waals surface area contributed by atoms with E-state index < -0.39 is 0 Å². The number of rotatable bonds is 2. The molecule has 2 heterocycles. The largest absolute Gasteiger partial charge is 0.366 e. The van der Waals surface area contributed by atoms with Crippen LogP contribution in [0.1, 0.15) is 30.6 Å². The molecule has 72 valence electrons. The first-order valence-electron chi connectivity index (χ1n) is 4.54. The standard InChI is InChI=1S/C8H14N4O/c1-5-10-8(12-11-5)7-3-2-6(4-9)13-7/h6-7H,2-4,9H2,1H3,(H,10,11,12). The quantitative estimate of drug-likeness (QED) is 0.689. The number of aromatic amines is 1. The molecule has 0 saturated carbocycles. The molecule has 1 aromatic rings. The van der Waals surface area contributed by atoms with Crippen molar-refractivity contribution in [1.82, 2.24) is 15.2 Å². The minimum atomic E-state index is 0.0403. The van der Waals surface area contributed by atoms with Crippen LogP contribution in [0.3, 0.4) is 0 Å². The van der Waals surface area contributed by atoms with Gasteiger partial charge in [-0.05, 0) is 19.8 Å². The Hall–Kier alpha value is -0.940. The SMILES string of the molecule is Cc1nc(C2CCC(CN)O2)n[nH]1. The second-order valence-electron chi connectivity index (χ2n) is 3.34. The number of hydrogen-bond acceptors (Lipinski definition) is 4. The molecule has 1 aliphatic heterocycles. The molecule has 0 spiro atoms. The summed E-state index contributed by atoms with van der Waals surface area (Å²) >= 11 is 0. The molecule has 0 bridgehead atoms. The summed E-state index contributed by atoms with van der Waals surface area (Å²) in [6.07, 6.45) is 2.20. The van der Waals surface area contributed by atoms with E-state index >= 15 is 0 Å². The number of aromatic nitrogens is 3. The van der Waals surface area contributed by atoms with E-state index in [2.05, 4.69) is 15.2 Å². The Labute approximate surface area is 76.7 Å². The average molecular weight is 182 g/mol. The van der Waals surface area contributed by atoms with Crippen LogP contribution < -0.4 is 5.73 Å². The van der Waals surface area contributed by atoms with Gasteiger partial charge < -0.3 is 10.5 Å². The number of H-pyrrole nitrogens is 1. The average Bonchev–Trinajstić information content (AvgIpc) is 2.71. The number of aryl methyl sites for hydroxylation is 1. The molecule has 5 heteroatoms. The minimum absolute atomic E-state index is 0.0403. The van der Waals surface area contributed by atoms with Gasteiger partial charge in [0.2, 0.25) is 0 Å². The molecule has 5 nitrogen and oxygen atoms in total. The monoisotopic (exact) mass is 182 g/mol. The van der Waals surface area contributed by atoms with E-state index in [0.29, 0.717) is 6.54 Å². The van der Waals surface area contributed by atoms with Gasteiger partial charge in [-0.3, -0.25) is 5.10 Å². The predicted molar refractivity (Wildman–Crippen MR) is 47.0 cm³/mol. The van der Waals surface area contributed by atoms with E-state index in [9.17, 15) is 0 Å². The van der Waals surface area contributed by atoms with Gasteiger partial charge in [0.15, 0.2) is 5.82 Å². The highest BCUT2D eigenvalue weighted by atomic mass is 16.5. The molecule has 0 amide bonds. The summed E-state index contributed by atoms with van der Waals surface area (Å²) in [6, 6.07) is 0. The molecule has 0 aliphatic carbocycles. The minimum Gasteiger partial charge on any atom is -0.366 e. The Morgan fingerprint density at radius 2 is 2.46 bits per heavy atom. The lowest BCUT2D eigenvalue weighted by atomic mass is 10.2. The van der Waals surface area contributed by atoms with Crippen molar-refractivity contribution in [2.75, 3.05) is 6.54 Å². The van der Waals surface area contributed by atoms with Gasteiger partial charge in [-0.1, -0.05) is 0 Å². The Bertz CT molecular complexity index is 285. The fourth-order valence-corrected chi connectivity index (χ4v) is 1.57. The Kier molecular flexibility index (Phi) is 2.28. The third-order valence-corrected chi connectivity index (χ3v) is 2.27. The van der Waals surface area contributed by atoms with Gasteiger partial charge in [-0.15, -0.1) is 0 Å². The lowest BCUT2D eigenvalue weighted by Crippen LogP contribution is -2.19. The predicted octanol–water partition coefficient (Wildman–Crippen LogP) is 0.292. The number of ether oxygens (including phenoxy) is 1. The first-order chi connectivity index (χ1) is 6.29. The third-order valence-electron chi connectivity index (χ3n) is 2.27. The van der Waals surface area contributed by atoms with Crippen LogP contribution in [0.25, 0.3) is 0 Å². The van der Waals surface area contributed by atoms with E-state index in [-0.39, 0.29) is 12.2 Å². The van der Waals surface area contributed by atoms with Crippen molar-refractivity contribution in [3.05, 3.63) is 11.6 Å². The van der Waals surface area contributed by atoms with Crippen molar-refractivity contribution in [3.63, 3.8) is 0 Å². The van der Waals surface area contributed by atoms with Crippen LogP contribution in [0.2, 0.25) is 0 Å². The topological polar surface area (TPSA) is 76.8 Å². The zero-order chi connectivity index (χ0) is 9.26. The summed E-state index contributed by atoms with van der Waals surface area (Å²) < 4.78 is 5.64. The van der Waals surface area contributed by atoms with Crippen LogP contribution in [0.15, 0.2) is 0 Å². The van der Waals surface area contributed by atoms with Crippen LogP contribution in [0, 0.1) is 6.92 Å². The normalized spacial score (nSPS) is 28.2. The van der Waals surface area contributed by atoms with Crippen LogP contribution in [0.4, 0.5) is 0 Å². The summed E-state index contributed by atoms with van der Waals surface area (Å²) in [5, 5.41) is 6.87. The lowest BCUT2D eigenvalue weighted by Gasteiger charge is -2.08. The maximum absolute atomic E-state index is 5.64. The first-order valence-corrected chi connectivity index (χ1v) is 4.54. The summed E-state index contributed by atoms with van der Waals surface area (Å²) in [6.45, 7) is 2.46. The second-order valence-corrected chi connectivity index (χ2v) is 3.34. The van der Waals surface area contributed by atoms with E-state index in [1.807, 2.05) is 6.92 Å². The summed E-state index contributed by atoms with van der Waals surface area (Å²) in [7, 11) is 0. The van der Waals surface area contributed by atoms with E-state index in [4.69, 9.17) is 10.5 Å². The van der Waals surface area contributed by atoms with Crippen molar-refractivity contribution in [3.8, 4) is 0 Å². The van der Waals surface area contributed by atoms with Gasteiger partial charge >= 0.3 is 0 Å². The van der Waals surface area contributed by atoms with Crippen LogP contribution in [-0.4, -0.2) is 27.8 Å². The Morgan fingerprint density at radius 3 is 3.00 bits per heavy atom. The van der Waals surface area contributed by atoms with Crippen molar-refractivity contribution in [1.29, 1.82) is 0 Å². The highest BCUT2D eigenvalue weighted by molar-refractivity contribution is 4.95. The fourth-order valence-electron chi connectivity index (χ4n) is 1.57. The molecule has 3 N–H and O–H groups in total. The van der Waals surface area contributed by atoms with Crippen molar-refractivity contribution < 1.29 is 4.74 Å². The molecular formula is C8H14N4O. The van der Waals surface area contributed by atoms with Crippen LogP contribution >= 0.6 is 0 Å². The van der Waals surface area contributed by atoms with Crippen molar-refractivity contribution >= 4 is 0 Å². The fraction of sp³-hybridized carbons (Fsp3) is 0.750. The van der Waals surface area contributed by atoms with Crippen molar-refractivity contribution in [2.45, 2.75) is 32.0 Å². The van der Waals surface area contributed by atoms with Gasteiger partial charge in [0.25, 0.3) is 0 Å². The molecular weight excluding hydrogens is 168 g/mol. The van der Waals surface area contributed by atoms with Crippen LogP contribution in [-0.2, 0) is 4.74 Å². The molecule has 0 aromatic carbocycles. The number of hydrogen-bond donors (Lipinski definition) is 2. The zero-order valence-electron chi connectivity index (χ0n) is 7.66. The summed E-state index contributed by atoms with van der Waals surface area (Å²) in [4.78, 5) is 4.23. The first kappa shape index (κ1) is 8.65. The number of nitrogens with one attached hydrogen (secondary N) is 1.